The minimum Gasteiger partial charge on any atom is -0.295 e. The highest BCUT2D eigenvalue weighted by Gasteiger charge is 2.48. The monoisotopic (exact) mass is 301 g/mol. The van der Waals surface area contributed by atoms with Gasteiger partial charge in [0.25, 0.3) is 5.91 Å². The van der Waals surface area contributed by atoms with E-state index in [1.165, 1.54) is 13.1 Å². The van der Waals surface area contributed by atoms with Crippen LogP contribution in [0.3, 0.4) is 0 Å². The molecule has 0 N–H and O–H groups in total. The minimum absolute atomic E-state index is 0.297. The average Bonchev–Trinajstić information content (AvgIpc) is 2.29. The van der Waals surface area contributed by atoms with Crippen LogP contribution in [0.25, 0.3) is 0 Å². The van der Waals surface area contributed by atoms with E-state index in [9.17, 15) is 9.59 Å². The molecule has 1 amide bonds. The second-order valence-electron chi connectivity index (χ2n) is 4.90. The van der Waals surface area contributed by atoms with Gasteiger partial charge in [0.05, 0.1) is 0 Å². The van der Waals surface area contributed by atoms with E-state index in [4.69, 9.17) is 28.0 Å². The van der Waals surface area contributed by atoms with E-state index in [2.05, 4.69) is 0 Å². The highest BCUT2D eigenvalue weighted by atomic mass is 35.5. The van der Waals surface area contributed by atoms with Gasteiger partial charge in [0.15, 0.2) is 5.78 Å². The molecular weight excluding hydrogens is 289 g/mol. The fourth-order valence-electron chi connectivity index (χ4n) is 2.08. The molecular formula is C13H13Cl2NO3. The van der Waals surface area contributed by atoms with Gasteiger partial charge in [0, 0.05) is 17.1 Å². The van der Waals surface area contributed by atoms with Crippen LogP contribution < -0.4 is 0 Å². The number of halogens is 2. The summed E-state index contributed by atoms with van der Waals surface area (Å²) in [5, 5.41) is 1.83. The number of Topliss-reactive ketones (excluding diaryl/α,β-unsaturated/α-hetero) is 1. The van der Waals surface area contributed by atoms with Crippen LogP contribution >= 0.6 is 23.2 Å². The molecule has 0 radical (unpaired) electrons. The predicted molar refractivity (Wildman–Crippen MR) is 72.1 cm³/mol. The normalized spacial score (nSPS) is 22.8. The summed E-state index contributed by atoms with van der Waals surface area (Å²) in [5.74, 6) is -1.72. The number of hydrogen-bond donors (Lipinski definition) is 0. The largest absolute Gasteiger partial charge is 0.295 e. The van der Waals surface area contributed by atoms with Crippen molar-refractivity contribution in [3.8, 4) is 0 Å². The molecule has 0 aromatic heterocycles. The third-order valence-corrected chi connectivity index (χ3v) is 3.61. The number of nitrogens with zero attached hydrogens (tertiary/aromatic N) is 1. The Morgan fingerprint density at radius 1 is 1.26 bits per heavy atom. The molecule has 1 atom stereocenters. The first-order valence-corrected chi connectivity index (χ1v) is 6.45. The Hall–Kier alpha value is -1.10. The molecule has 0 saturated carbocycles. The fourth-order valence-corrected chi connectivity index (χ4v) is 2.60. The van der Waals surface area contributed by atoms with Crippen molar-refractivity contribution < 1.29 is 14.4 Å². The highest BCUT2D eigenvalue weighted by Crippen LogP contribution is 2.36. The van der Waals surface area contributed by atoms with Crippen molar-refractivity contribution in [2.45, 2.75) is 25.4 Å². The Morgan fingerprint density at radius 3 is 2.47 bits per heavy atom. The molecule has 1 unspecified atom stereocenters. The van der Waals surface area contributed by atoms with Gasteiger partial charge < -0.3 is 0 Å². The molecule has 0 aliphatic carbocycles. The van der Waals surface area contributed by atoms with Crippen molar-refractivity contribution in [3.05, 3.63) is 33.8 Å². The minimum atomic E-state index is -1.07. The van der Waals surface area contributed by atoms with Crippen LogP contribution in [0.4, 0.5) is 0 Å². The van der Waals surface area contributed by atoms with E-state index >= 15 is 0 Å². The van der Waals surface area contributed by atoms with Gasteiger partial charge in [0.2, 0.25) is 0 Å². The smallest absolute Gasteiger partial charge is 0.261 e. The molecule has 1 aromatic carbocycles. The first kappa shape index (κ1) is 14.3. The number of rotatable bonds is 1. The van der Waals surface area contributed by atoms with Crippen LogP contribution in [-0.4, -0.2) is 29.4 Å². The van der Waals surface area contributed by atoms with Gasteiger partial charge in [-0.3, -0.25) is 14.4 Å². The molecule has 1 saturated heterocycles. The lowest BCUT2D eigenvalue weighted by Crippen LogP contribution is -2.54. The summed E-state index contributed by atoms with van der Waals surface area (Å²) < 4.78 is 0. The predicted octanol–water partition coefficient (Wildman–Crippen LogP) is 2.83. The topological polar surface area (TPSA) is 46.6 Å². The summed E-state index contributed by atoms with van der Waals surface area (Å²) in [4.78, 5) is 29.8. The first-order valence-electron chi connectivity index (χ1n) is 5.70. The number of benzene rings is 1. The maximum Gasteiger partial charge on any atom is 0.261 e. The molecule has 102 valence electrons. The second kappa shape index (κ2) is 4.78. The Morgan fingerprint density at radius 2 is 1.89 bits per heavy atom. The summed E-state index contributed by atoms with van der Waals surface area (Å²) >= 11 is 11.9. The van der Waals surface area contributed by atoms with Gasteiger partial charge in [-0.05, 0) is 31.5 Å². The van der Waals surface area contributed by atoms with E-state index in [1.807, 2.05) is 0 Å². The number of hydroxylamine groups is 2. The molecule has 4 nitrogen and oxygen atoms in total. The number of carbonyl (C=O) groups is 2. The van der Waals surface area contributed by atoms with Crippen LogP contribution in [0.5, 0.6) is 0 Å². The number of likely N-dealkylation sites (N-methyl/N-ethyl adjacent to an activating group) is 1. The number of carbonyl (C=O) groups excluding carboxylic acids is 2. The van der Waals surface area contributed by atoms with Crippen molar-refractivity contribution in [2.75, 3.05) is 7.05 Å². The third-order valence-electron chi connectivity index (χ3n) is 3.05. The van der Waals surface area contributed by atoms with Crippen LogP contribution in [0.2, 0.25) is 10.0 Å². The van der Waals surface area contributed by atoms with Gasteiger partial charge in [-0.25, -0.2) is 5.06 Å². The van der Waals surface area contributed by atoms with Crippen LogP contribution in [0, 0.1) is 0 Å². The van der Waals surface area contributed by atoms with E-state index in [1.54, 1.807) is 26.0 Å². The second-order valence-corrected chi connectivity index (χ2v) is 5.74. The summed E-state index contributed by atoms with van der Waals surface area (Å²) in [5.41, 5.74) is -0.625. The van der Waals surface area contributed by atoms with E-state index in [0.29, 0.717) is 15.6 Å². The molecule has 1 heterocycles. The summed E-state index contributed by atoms with van der Waals surface area (Å²) in [6.07, 6.45) is 0. The zero-order chi connectivity index (χ0) is 14.4. The Balaban J connectivity index is 2.51. The number of hydrogen-bond acceptors (Lipinski definition) is 3. The van der Waals surface area contributed by atoms with Gasteiger partial charge in [-0.1, -0.05) is 29.3 Å². The maximum atomic E-state index is 12.4. The highest BCUT2D eigenvalue weighted by molar-refractivity contribution is 6.35. The lowest BCUT2D eigenvalue weighted by molar-refractivity contribution is -0.233. The number of amides is 1. The van der Waals surface area contributed by atoms with Gasteiger partial charge in [-0.2, -0.15) is 0 Å². The van der Waals surface area contributed by atoms with Crippen molar-refractivity contribution >= 4 is 34.9 Å². The molecule has 19 heavy (non-hydrogen) atoms. The standard InChI is InChI=1S/C13H13Cl2NO3/c1-13(2)11(17)10(12(18)16(3)19-13)8-5-4-7(14)6-9(8)15/h4-6,10H,1-3H3. The molecule has 1 aliphatic heterocycles. The summed E-state index contributed by atoms with van der Waals surface area (Å²) in [7, 11) is 1.48. The van der Waals surface area contributed by atoms with Crippen molar-refractivity contribution in [2.24, 2.45) is 0 Å². The summed E-state index contributed by atoms with van der Waals surface area (Å²) in [6, 6.07) is 4.72. The molecule has 1 fully saturated rings. The van der Waals surface area contributed by atoms with Crippen LogP contribution in [0.15, 0.2) is 18.2 Å². The van der Waals surface area contributed by atoms with Crippen LogP contribution in [0.1, 0.15) is 25.3 Å². The van der Waals surface area contributed by atoms with E-state index < -0.39 is 17.4 Å². The van der Waals surface area contributed by atoms with Gasteiger partial charge >= 0.3 is 0 Å². The summed E-state index contributed by atoms with van der Waals surface area (Å²) in [6.45, 7) is 3.24. The Kier molecular flexibility index (Phi) is 3.60. The van der Waals surface area contributed by atoms with Crippen molar-refractivity contribution in [3.63, 3.8) is 0 Å². The first-order chi connectivity index (χ1) is 8.74. The van der Waals surface area contributed by atoms with E-state index in [-0.39, 0.29) is 5.78 Å². The molecule has 0 bridgehead atoms. The zero-order valence-electron chi connectivity index (χ0n) is 10.7. The molecule has 6 heteroatoms. The molecule has 1 aromatic rings. The quantitative estimate of drug-likeness (QED) is 0.749. The fraction of sp³-hybridized carbons (Fsp3) is 0.385. The lowest BCUT2D eigenvalue weighted by atomic mass is 9.84. The molecule has 0 spiro atoms. The average molecular weight is 302 g/mol. The maximum absolute atomic E-state index is 12.4. The van der Waals surface area contributed by atoms with Gasteiger partial charge in [-0.15, -0.1) is 0 Å². The number of ketones is 1. The Labute approximate surface area is 121 Å². The molecule has 1 aliphatic rings. The Bertz CT molecular complexity index is 557. The lowest BCUT2D eigenvalue weighted by Gasteiger charge is -2.38. The molecule has 2 rings (SSSR count). The third kappa shape index (κ3) is 2.48. The van der Waals surface area contributed by atoms with Crippen molar-refractivity contribution in [1.29, 1.82) is 0 Å². The van der Waals surface area contributed by atoms with Crippen molar-refractivity contribution in [1.82, 2.24) is 5.06 Å². The van der Waals surface area contributed by atoms with Gasteiger partial charge in [0.1, 0.15) is 11.5 Å². The zero-order valence-corrected chi connectivity index (χ0v) is 12.2. The van der Waals surface area contributed by atoms with Crippen LogP contribution in [-0.2, 0) is 14.4 Å². The SMILES string of the molecule is CN1OC(C)(C)C(=O)C(c2ccc(Cl)cc2Cl)C1=O. The van der Waals surface area contributed by atoms with E-state index in [0.717, 1.165) is 5.06 Å².